The number of carboxylic acid groups (broad SMARTS) is 1. The number of amides is 1. The van der Waals surface area contributed by atoms with Crippen molar-refractivity contribution in [3.8, 4) is 17.2 Å². The predicted octanol–water partition coefficient (Wildman–Crippen LogP) is 4.13. The van der Waals surface area contributed by atoms with Crippen LogP contribution in [0.2, 0.25) is 0 Å². The summed E-state index contributed by atoms with van der Waals surface area (Å²) in [6.07, 6.45) is 1.23. The molecular formula is C22H25BrN2O6. The van der Waals surface area contributed by atoms with E-state index in [2.05, 4.69) is 26.5 Å². The summed E-state index contributed by atoms with van der Waals surface area (Å²) in [5.74, 6) is -0.501. The van der Waals surface area contributed by atoms with Crippen LogP contribution in [0.4, 0.5) is 0 Å². The fraction of sp³-hybridized carbons (Fsp3) is 0.318. The third-order valence-corrected chi connectivity index (χ3v) is 5.31. The number of rotatable bonds is 9. The number of nitrogens with one attached hydrogen (secondary N) is 1. The van der Waals surface area contributed by atoms with Gasteiger partial charge < -0.3 is 19.3 Å². The van der Waals surface area contributed by atoms with Gasteiger partial charge in [-0.05, 0) is 48.2 Å². The number of halogens is 1. The van der Waals surface area contributed by atoms with Crippen LogP contribution in [0.1, 0.15) is 46.8 Å². The Kier molecular flexibility index (Phi) is 8.44. The average Bonchev–Trinajstić information content (AvgIpc) is 2.73. The lowest BCUT2D eigenvalue weighted by molar-refractivity contribution is -0.123. The zero-order valence-electron chi connectivity index (χ0n) is 18.0. The molecule has 0 atom stereocenters. The molecule has 8 nitrogen and oxygen atoms in total. The molecule has 2 rings (SSSR count). The number of hydrazone groups is 1. The summed E-state index contributed by atoms with van der Waals surface area (Å²) in [5.41, 5.74) is 4.43. The number of aryl methyl sites for hydroxylation is 1. The molecule has 0 aliphatic rings. The van der Waals surface area contributed by atoms with Gasteiger partial charge in [0, 0.05) is 10.0 Å². The molecule has 0 heterocycles. The third kappa shape index (κ3) is 5.97. The second-order valence-electron chi connectivity index (χ2n) is 6.95. The van der Waals surface area contributed by atoms with Crippen molar-refractivity contribution in [1.29, 1.82) is 0 Å². The van der Waals surface area contributed by atoms with E-state index in [1.54, 1.807) is 6.07 Å². The summed E-state index contributed by atoms with van der Waals surface area (Å²) in [4.78, 5) is 23.8. The molecule has 2 aromatic carbocycles. The van der Waals surface area contributed by atoms with E-state index in [9.17, 15) is 14.7 Å². The van der Waals surface area contributed by atoms with Gasteiger partial charge in [0.05, 0.1) is 20.4 Å². The van der Waals surface area contributed by atoms with Crippen LogP contribution in [0.3, 0.4) is 0 Å². The minimum atomic E-state index is -1.21. The van der Waals surface area contributed by atoms with E-state index < -0.39 is 11.9 Å². The van der Waals surface area contributed by atoms with Gasteiger partial charge >= 0.3 is 5.97 Å². The first kappa shape index (κ1) is 24.2. The summed E-state index contributed by atoms with van der Waals surface area (Å²) in [7, 11) is 2.76. The molecule has 0 radical (unpaired) electrons. The molecule has 0 aromatic heterocycles. The molecule has 0 saturated heterocycles. The lowest BCUT2D eigenvalue weighted by Gasteiger charge is -2.15. The van der Waals surface area contributed by atoms with Crippen molar-refractivity contribution in [2.75, 3.05) is 20.8 Å². The van der Waals surface area contributed by atoms with Crippen LogP contribution in [0.25, 0.3) is 0 Å². The Morgan fingerprint density at radius 2 is 1.90 bits per heavy atom. The summed E-state index contributed by atoms with van der Waals surface area (Å²) in [5, 5.41) is 13.4. The van der Waals surface area contributed by atoms with E-state index in [-0.39, 0.29) is 35.2 Å². The van der Waals surface area contributed by atoms with Gasteiger partial charge in [0.15, 0.2) is 18.1 Å². The van der Waals surface area contributed by atoms with Crippen molar-refractivity contribution in [3.05, 3.63) is 51.0 Å². The maximum atomic E-state index is 12.2. The van der Waals surface area contributed by atoms with E-state index in [1.165, 1.54) is 26.5 Å². The predicted molar refractivity (Wildman–Crippen MR) is 121 cm³/mol. The minimum absolute atomic E-state index is 0.0698. The quantitative estimate of drug-likeness (QED) is 0.402. The Bertz CT molecular complexity index is 1000. The second kappa shape index (κ2) is 10.8. The Morgan fingerprint density at radius 3 is 2.48 bits per heavy atom. The number of carbonyl (C=O) groups is 2. The standard InChI is InChI=1S/C22H25BrN2O6/c1-12(2)15-9-16(23)13(3)8-18(15)31-11-19(26)25-24-10-14-6-7-17(29-4)21(30-5)20(14)22(27)28/h6-10,12H,11H2,1-5H3,(H,25,26)(H,27,28). The lowest BCUT2D eigenvalue weighted by atomic mass is 10.0. The minimum Gasteiger partial charge on any atom is -0.493 e. The molecule has 0 saturated carbocycles. The van der Waals surface area contributed by atoms with Gasteiger partial charge in [-0.2, -0.15) is 5.10 Å². The topological polar surface area (TPSA) is 106 Å². The van der Waals surface area contributed by atoms with Crippen molar-refractivity contribution in [2.45, 2.75) is 26.7 Å². The molecule has 0 bridgehead atoms. The van der Waals surface area contributed by atoms with E-state index >= 15 is 0 Å². The molecule has 0 aliphatic heterocycles. The summed E-state index contributed by atoms with van der Waals surface area (Å²) in [6, 6.07) is 6.92. The Labute approximate surface area is 189 Å². The number of carbonyl (C=O) groups excluding carboxylic acids is 1. The molecular weight excluding hydrogens is 468 g/mol. The van der Waals surface area contributed by atoms with Gasteiger partial charge in [0.1, 0.15) is 11.3 Å². The highest BCUT2D eigenvalue weighted by molar-refractivity contribution is 9.10. The van der Waals surface area contributed by atoms with Gasteiger partial charge in [-0.25, -0.2) is 10.2 Å². The fourth-order valence-corrected chi connectivity index (χ4v) is 3.23. The second-order valence-corrected chi connectivity index (χ2v) is 7.80. The van der Waals surface area contributed by atoms with Crippen molar-refractivity contribution in [2.24, 2.45) is 5.10 Å². The summed E-state index contributed by atoms with van der Waals surface area (Å²) < 4.78 is 16.9. The first-order valence-electron chi connectivity index (χ1n) is 9.42. The number of methoxy groups -OCH3 is 2. The normalized spacial score (nSPS) is 10.9. The maximum absolute atomic E-state index is 12.2. The van der Waals surface area contributed by atoms with Gasteiger partial charge in [-0.3, -0.25) is 4.79 Å². The number of carboxylic acids is 1. The van der Waals surface area contributed by atoms with Crippen LogP contribution in [-0.4, -0.2) is 44.0 Å². The molecule has 1 amide bonds. The number of nitrogens with zero attached hydrogens (tertiary/aromatic N) is 1. The van der Waals surface area contributed by atoms with Gasteiger partial charge in [-0.1, -0.05) is 29.8 Å². The molecule has 31 heavy (non-hydrogen) atoms. The highest BCUT2D eigenvalue weighted by Crippen LogP contribution is 2.33. The molecule has 0 unspecified atom stereocenters. The van der Waals surface area contributed by atoms with Crippen LogP contribution < -0.4 is 19.6 Å². The van der Waals surface area contributed by atoms with Gasteiger partial charge in [0.25, 0.3) is 5.91 Å². The first-order valence-corrected chi connectivity index (χ1v) is 10.2. The Morgan fingerprint density at radius 1 is 1.19 bits per heavy atom. The number of benzene rings is 2. The lowest BCUT2D eigenvalue weighted by Crippen LogP contribution is -2.25. The molecule has 2 N–H and O–H groups in total. The SMILES string of the molecule is COc1ccc(C=NNC(=O)COc2cc(C)c(Br)cc2C(C)C)c(C(=O)O)c1OC. The van der Waals surface area contributed by atoms with Gasteiger partial charge in [0.2, 0.25) is 0 Å². The fourth-order valence-electron chi connectivity index (χ4n) is 2.87. The Hall–Kier alpha value is -3.07. The van der Waals surface area contributed by atoms with E-state index in [4.69, 9.17) is 14.2 Å². The molecule has 9 heteroatoms. The zero-order chi connectivity index (χ0) is 23.1. The van der Waals surface area contributed by atoms with Crippen molar-refractivity contribution >= 4 is 34.0 Å². The van der Waals surface area contributed by atoms with Crippen LogP contribution in [-0.2, 0) is 4.79 Å². The monoisotopic (exact) mass is 492 g/mol. The largest absolute Gasteiger partial charge is 0.493 e. The highest BCUT2D eigenvalue weighted by Gasteiger charge is 2.20. The van der Waals surface area contributed by atoms with E-state index in [1.807, 2.05) is 32.9 Å². The average molecular weight is 493 g/mol. The third-order valence-electron chi connectivity index (χ3n) is 4.46. The van der Waals surface area contributed by atoms with Crippen molar-refractivity contribution in [1.82, 2.24) is 5.43 Å². The molecule has 166 valence electrons. The summed E-state index contributed by atoms with van der Waals surface area (Å²) >= 11 is 3.51. The van der Waals surface area contributed by atoms with Crippen LogP contribution in [0.15, 0.2) is 33.8 Å². The van der Waals surface area contributed by atoms with E-state index in [0.29, 0.717) is 5.75 Å². The maximum Gasteiger partial charge on any atom is 0.340 e. The number of hydrogen-bond acceptors (Lipinski definition) is 6. The number of aromatic carboxylic acids is 1. The smallest absolute Gasteiger partial charge is 0.340 e. The highest BCUT2D eigenvalue weighted by atomic mass is 79.9. The molecule has 0 spiro atoms. The zero-order valence-corrected chi connectivity index (χ0v) is 19.6. The first-order chi connectivity index (χ1) is 14.7. The van der Waals surface area contributed by atoms with Gasteiger partial charge in [-0.15, -0.1) is 0 Å². The van der Waals surface area contributed by atoms with Crippen LogP contribution >= 0.6 is 15.9 Å². The molecule has 2 aromatic rings. The Balaban J connectivity index is 2.11. The number of ether oxygens (including phenoxy) is 3. The van der Waals surface area contributed by atoms with E-state index in [0.717, 1.165) is 15.6 Å². The summed E-state index contributed by atoms with van der Waals surface area (Å²) in [6.45, 7) is 5.78. The van der Waals surface area contributed by atoms with Crippen molar-refractivity contribution in [3.63, 3.8) is 0 Å². The molecule has 0 aliphatic carbocycles. The van der Waals surface area contributed by atoms with Crippen LogP contribution in [0, 0.1) is 6.92 Å². The number of hydrogen-bond donors (Lipinski definition) is 2. The molecule has 0 fully saturated rings. The van der Waals surface area contributed by atoms with Crippen molar-refractivity contribution < 1.29 is 28.9 Å². The van der Waals surface area contributed by atoms with Crippen LogP contribution in [0.5, 0.6) is 17.2 Å².